The summed E-state index contributed by atoms with van der Waals surface area (Å²) < 4.78 is 31.8. The van der Waals surface area contributed by atoms with E-state index in [1.165, 1.54) is 6.07 Å². The van der Waals surface area contributed by atoms with Crippen molar-refractivity contribution in [2.45, 2.75) is 58.4 Å². The van der Waals surface area contributed by atoms with Gasteiger partial charge in [-0.1, -0.05) is 13.8 Å². The second kappa shape index (κ2) is 6.42. The van der Waals surface area contributed by atoms with Crippen molar-refractivity contribution in [3.63, 3.8) is 0 Å². The molecule has 0 amide bonds. The molecule has 0 aliphatic carbocycles. The highest BCUT2D eigenvalue weighted by atomic mass is 32.2. The number of hydrogen-bond donors (Lipinski definition) is 2. The van der Waals surface area contributed by atoms with Gasteiger partial charge < -0.3 is 9.52 Å². The Bertz CT molecular complexity index is 623. The van der Waals surface area contributed by atoms with E-state index in [9.17, 15) is 13.2 Å². The molecule has 0 aromatic carbocycles. The highest BCUT2D eigenvalue weighted by Gasteiger charge is 2.27. The van der Waals surface area contributed by atoms with Crippen molar-refractivity contribution in [3.8, 4) is 0 Å². The maximum atomic E-state index is 11.9. The number of nitrogens with one attached hydrogen (secondary N) is 1. The minimum absolute atomic E-state index is 0.0280. The summed E-state index contributed by atoms with van der Waals surface area (Å²) in [4.78, 5) is 10.8. The van der Waals surface area contributed by atoms with E-state index in [2.05, 4.69) is 4.72 Å². The Hall–Kier alpha value is -1.34. The van der Waals surface area contributed by atoms with Gasteiger partial charge in [-0.05, 0) is 45.7 Å². The second-order valence-corrected chi connectivity index (χ2v) is 8.97. The summed E-state index contributed by atoms with van der Waals surface area (Å²) in [6.45, 7) is 9.20. The van der Waals surface area contributed by atoms with Crippen LogP contribution < -0.4 is 4.72 Å². The normalized spacial score (nSPS) is 13.3. The van der Waals surface area contributed by atoms with Crippen LogP contribution in [-0.2, 0) is 15.4 Å². The average Bonchev–Trinajstić information content (AvgIpc) is 2.74. The number of aromatic carboxylic acids is 1. The minimum atomic E-state index is -3.33. The van der Waals surface area contributed by atoms with Crippen LogP contribution in [0.15, 0.2) is 16.5 Å². The molecule has 0 fully saturated rings. The van der Waals surface area contributed by atoms with Crippen LogP contribution in [0.5, 0.6) is 0 Å². The summed E-state index contributed by atoms with van der Waals surface area (Å²) in [6.07, 6.45) is 1.03. The number of sulfonamides is 1. The number of carbonyl (C=O) groups is 1. The zero-order chi connectivity index (χ0) is 17.2. The van der Waals surface area contributed by atoms with E-state index in [0.717, 1.165) is 0 Å². The van der Waals surface area contributed by atoms with Crippen molar-refractivity contribution in [1.29, 1.82) is 0 Å². The molecular weight excluding hydrogens is 306 g/mol. The highest BCUT2D eigenvalue weighted by molar-refractivity contribution is 7.89. The Morgan fingerprint density at radius 2 is 1.82 bits per heavy atom. The van der Waals surface area contributed by atoms with Gasteiger partial charge in [-0.15, -0.1) is 0 Å². The van der Waals surface area contributed by atoms with E-state index in [1.54, 1.807) is 26.8 Å². The predicted molar refractivity (Wildman–Crippen MR) is 84.6 cm³/mol. The van der Waals surface area contributed by atoms with E-state index in [-0.39, 0.29) is 11.5 Å². The lowest BCUT2D eigenvalue weighted by molar-refractivity contribution is 0.0658. The Morgan fingerprint density at radius 1 is 1.23 bits per heavy atom. The molecule has 0 unspecified atom stereocenters. The number of carboxylic acid groups (broad SMARTS) is 1. The van der Waals surface area contributed by atoms with Crippen LogP contribution >= 0.6 is 0 Å². The summed E-state index contributed by atoms with van der Waals surface area (Å²) >= 11 is 0. The van der Waals surface area contributed by atoms with Crippen LogP contribution in [0, 0.1) is 0 Å². The van der Waals surface area contributed by atoms with Gasteiger partial charge in [-0.25, -0.2) is 17.9 Å². The fourth-order valence-corrected chi connectivity index (χ4v) is 3.72. The Balaban J connectivity index is 2.64. The molecule has 126 valence electrons. The first-order valence-electron chi connectivity index (χ1n) is 7.18. The third kappa shape index (κ3) is 5.81. The number of rotatable bonds is 7. The van der Waals surface area contributed by atoms with Crippen LogP contribution in [0.1, 0.15) is 63.8 Å². The molecular formula is C15H25NO5S. The van der Waals surface area contributed by atoms with Crippen LogP contribution in [0.4, 0.5) is 0 Å². The summed E-state index contributed by atoms with van der Waals surface area (Å²) in [6, 6.07) is 3.04. The standard InChI is InChI=1S/C15H25NO5S/c1-14(2,3)16-22(19,20)10-6-9-15(4,5)12-8-7-11(21-12)13(17)18/h7-8,16H,6,9-10H2,1-5H3,(H,17,18). The molecule has 1 aromatic rings. The topological polar surface area (TPSA) is 96.6 Å². The van der Waals surface area contributed by atoms with Gasteiger partial charge >= 0.3 is 5.97 Å². The largest absolute Gasteiger partial charge is 0.475 e. The molecule has 0 saturated carbocycles. The third-order valence-corrected chi connectivity index (χ3v) is 4.91. The van der Waals surface area contributed by atoms with Crippen molar-refractivity contribution < 1.29 is 22.7 Å². The maximum Gasteiger partial charge on any atom is 0.371 e. The van der Waals surface area contributed by atoms with Crippen LogP contribution in [0.25, 0.3) is 0 Å². The molecule has 6 nitrogen and oxygen atoms in total. The van der Waals surface area contributed by atoms with E-state index in [4.69, 9.17) is 9.52 Å². The molecule has 0 atom stereocenters. The van der Waals surface area contributed by atoms with Gasteiger partial charge in [0, 0.05) is 11.0 Å². The van der Waals surface area contributed by atoms with E-state index >= 15 is 0 Å². The zero-order valence-electron chi connectivity index (χ0n) is 13.8. The molecule has 7 heteroatoms. The Morgan fingerprint density at radius 3 is 2.27 bits per heavy atom. The van der Waals surface area contributed by atoms with Gasteiger partial charge in [-0.3, -0.25) is 0 Å². The number of carboxylic acids is 1. The van der Waals surface area contributed by atoms with Crippen LogP contribution in [0.2, 0.25) is 0 Å². The molecule has 0 saturated heterocycles. The molecule has 0 radical (unpaired) electrons. The number of furan rings is 1. The number of hydrogen-bond acceptors (Lipinski definition) is 4. The second-order valence-electron chi connectivity index (χ2n) is 7.13. The monoisotopic (exact) mass is 331 g/mol. The van der Waals surface area contributed by atoms with Crippen molar-refractivity contribution in [1.82, 2.24) is 4.72 Å². The first kappa shape index (κ1) is 18.7. The van der Waals surface area contributed by atoms with Gasteiger partial charge in [0.05, 0.1) is 5.75 Å². The van der Waals surface area contributed by atoms with Crippen LogP contribution in [0.3, 0.4) is 0 Å². The van der Waals surface area contributed by atoms with Crippen molar-refractivity contribution in [2.75, 3.05) is 5.75 Å². The molecule has 1 heterocycles. The van der Waals surface area contributed by atoms with Crippen molar-refractivity contribution >= 4 is 16.0 Å². The summed E-state index contributed by atoms with van der Waals surface area (Å²) in [7, 11) is -3.33. The van der Waals surface area contributed by atoms with Gasteiger partial charge in [0.2, 0.25) is 15.8 Å². The van der Waals surface area contributed by atoms with Crippen molar-refractivity contribution in [2.24, 2.45) is 0 Å². The Kier molecular flexibility index (Phi) is 5.46. The first-order valence-corrected chi connectivity index (χ1v) is 8.83. The Labute approximate surface area is 132 Å². The quantitative estimate of drug-likeness (QED) is 0.801. The summed E-state index contributed by atoms with van der Waals surface area (Å²) in [5.41, 5.74) is -0.920. The third-order valence-electron chi connectivity index (χ3n) is 3.16. The molecule has 22 heavy (non-hydrogen) atoms. The van der Waals surface area contributed by atoms with E-state index in [0.29, 0.717) is 18.6 Å². The lowest BCUT2D eigenvalue weighted by Gasteiger charge is -2.23. The van der Waals surface area contributed by atoms with E-state index in [1.807, 2.05) is 13.8 Å². The molecule has 0 bridgehead atoms. The van der Waals surface area contributed by atoms with E-state index < -0.39 is 26.9 Å². The molecule has 1 aromatic heterocycles. The van der Waals surface area contributed by atoms with Gasteiger partial charge in [-0.2, -0.15) is 0 Å². The minimum Gasteiger partial charge on any atom is -0.475 e. The SMILES string of the molecule is CC(C)(C)NS(=O)(=O)CCCC(C)(C)c1ccc(C(=O)O)o1. The zero-order valence-corrected chi connectivity index (χ0v) is 14.6. The smallest absolute Gasteiger partial charge is 0.371 e. The first-order chi connectivity index (χ1) is 9.82. The fourth-order valence-electron chi connectivity index (χ4n) is 2.16. The molecule has 0 aliphatic rings. The lowest BCUT2D eigenvalue weighted by atomic mass is 9.85. The summed E-state index contributed by atoms with van der Waals surface area (Å²) in [5, 5.41) is 8.87. The van der Waals surface area contributed by atoms with Gasteiger partial charge in [0.1, 0.15) is 5.76 Å². The maximum absolute atomic E-state index is 11.9. The van der Waals surface area contributed by atoms with Gasteiger partial charge in [0.15, 0.2) is 0 Å². The average molecular weight is 331 g/mol. The molecule has 2 N–H and O–H groups in total. The van der Waals surface area contributed by atoms with Crippen LogP contribution in [-0.4, -0.2) is 30.8 Å². The molecule has 0 aliphatic heterocycles. The molecule has 0 spiro atoms. The fraction of sp³-hybridized carbons (Fsp3) is 0.667. The highest BCUT2D eigenvalue weighted by Crippen LogP contribution is 2.30. The lowest BCUT2D eigenvalue weighted by Crippen LogP contribution is -2.41. The van der Waals surface area contributed by atoms with Crippen molar-refractivity contribution in [3.05, 3.63) is 23.7 Å². The molecule has 1 rings (SSSR count). The van der Waals surface area contributed by atoms with Gasteiger partial charge in [0.25, 0.3) is 0 Å². The summed E-state index contributed by atoms with van der Waals surface area (Å²) in [5.74, 6) is -0.643. The predicted octanol–water partition coefficient (Wildman–Crippen LogP) is 2.75.